The van der Waals surface area contributed by atoms with Gasteiger partial charge in [0, 0.05) is 0 Å². The number of Topliss-reactive ketones (excluding diaryl/α,β-unsaturated/α-hetero) is 1. The molecular formula is C7H11ClF5NO. The summed E-state index contributed by atoms with van der Waals surface area (Å²) in [5.41, 5.74) is 4.91. The molecule has 0 aromatic carbocycles. The zero-order valence-corrected chi connectivity index (χ0v) is 8.75. The Balaban J connectivity index is 0. The molecule has 2 N–H and O–H groups in total. The normalized spacial score (nSPS) is 14.7. The molecular weight excluding hydrogens is 245 g/mol. The molecule has 0 spiro atoms. The summed E-state index contributed by atoms with van der Waals surface area (Å²) in [6, 6.07) is -1.81. The number of alkyl halides is 5. The number of hydrogen-bond donors (Lipinski definition) is 1. The van der Waals surface area contributed by atoms with Gasteiger partial charge in [-0.25, -0.2) is 0 Å². The van der Waals surface area contributed by atoms with Gasteiger partial charge in [-0.2, -0.15) is 22.0 Å². The van der Waals surface area contributed by atoms with Crippen molar-refractivity contribution in [1.82, 2.24) is 0 Å². The summed E-state index contributed by atoms with van der Waals surface area (Å²) in [4.78, 5) is 10.7. The van der Waals surface area contributed by atoms with Crippen molar-refractivity contribution in [2.24, 2.45) is 11.7 Å². The second kappa shape index (κ2) is 5.07. The highest BCUT2D eigenvalue weighted by Gasteiger charge is 2.64. The van der Waals surface area contributed by atoms with E-state index < -0.39 is 29.8 Å². The molecule has 0 aliphatic carbocycles. The highest BCUT2D eigenvalue weighted by molar-refractivity contribution is 5.91. The van der Waals surface area contributed by atoms with Crippen LogP contribution in [0.4, 0.5) is 22.0 Å². The Morgan fingerprint density at radius 1 is 1.13 bits per heavy atom. The van der Waals surface area contributed by atoms with E-state index in [0.29, 0.717) is 0 Å². The van der Waals surface area contributed by atoms with E-state index in [1.54, 1.807) is 0 Å². The van der Waals surface area contributed by atoms with Crippen LogP contribution in [0.3, 0.4) is 0 Å². The van der Waals surface area contributed by atoms with Gasteiger partial charge >= 0.3 is 12.1 Å². The Kier molecular flexibility index (Phi) is 5.74. The molecule has 0 saturated carbocycles. The van der Waals surface area contributed by atoms with E-state index in [9.17, 15) is 26.7 Å². The highest BCUT2D eigenvalue weighted by atomic mass is 35.5. The van der Waals surface area contributed by atoms with Gasteiger partial charge in [0.25, 0.3) is 0 Å². The monoisotopic (exact) mass is 255 g/mol. The summed E-state index contributed by atoms with van der Waals surface area (Å²) in [6.07, 6.45) is -5.88. The van der Waals surface area contributed by atoms with Crippen molar-refractivity contribution in [3.63, 3.8) is 0 Å². The van der Waals surface area contributed by atoms with Crippen molar-refractivity contribution < 1.29 is 26.7 Å². The average molecular weight is 256 g/mol. The molecule has 0 saturated heterocycles. The van der Waals surface area contributed by atoms with E-state index >= 15 is 0 Å². The summed E-state index contributed by atoms with van der Waals surface area (Å²) in [5, 5.41) is 0. The fourth-order valence-electron chi connectivity index (χ4n) is 0.652. The Morgan fingerprint density at radius 3 is 1.67 bits per heavy atom. The molecule has 0 heterocycles. The minimum atomic E-state index is -5.88. The van der Waals surface area contributed by atoms with Crippen molar-refractivity contribution in [2.45, 2.75) is 32.0 Å². The standard InChI is InChI=1S/C7H10F5NO.ClH/c1-3(2)4(13)5(14)6(8,9)7(10,11)12;/h3-4H,13H2,1-2H3;1H. The molecule has 15 heavy (non-hydrogen) atoms. The SMILES string of the molecule is CC(C)C(N)C(=O)C(F)(F)C(F)(F)F.Cl. The van der Waals surface area contributed by atoms with Crippen molar-refractivity contribution >= 4 is 18.2 Å². The average Bonchev–Trinajstić information content (AvgIpc) is 1.99. The van der Waals surface area contributed by atoms with Crippen molar-refractivity contribution in [2.75, 3.05) is 0 Å². The van der Waals surface area contributed by atoms with E-state index in [2.05, 4.69) is 0 Å². The molecule has 2 nitrogen and oxygen atoms in total. The molecule has 0 fully saturated rings. The smallest absolute Gasteiger partial charge is 0.321 e. The zero-order valence-electron chi connectivity index (χ0n) is 7.94. The third kappa shape index (κ3) is 3.57. The van der Waals surface area contributed by atoms with E-state index in [-0.39, 0.29) is 12.4 Å². The van der Waals surface area contributed by atoms with Gasteiger partial charge in [-0.1, -0.05) is 13.8 Å². The van der Waals surface area contributed by atoms with Crippen LogP contribution in [-0.2, 0) is 4.79 Å². The lowest BCUT2D eigenvalue weighted by Crippen LogP contribution is -2.53. The third-order valence-corrected chi connectivity index (χ3v) is 1.69. The van der Waals surface area contributed by atoms with E-state index in [0.717, 1.165) is 0 Å². The van der Waals surface area contributed by atoms with Gasteiger partial charge in [-0.3, -0.25) is 4.79 Å². The number of nitrogens with two attached hydrogens (primary N) is 1. The van der Waals surface area contributed by atoms with E-state index in [4.69, 9.17) is 5.73 Å². The molecule has 0 aromatic heterocycles. The number of rotatable bonds is 3. The fourth-order valence-corrected chi connectivity index (χ4v) is 0.652. The van der Waals surface area contributed by atoms with Gasteiger partial charge in [0.15, 0.2) is 0 Å². The predicted molar refractivity (Wildman–Crippen MR) is 46.1 cm³/mol. The van der Waals surface area contributed by atoms with Gasteiger partial charge in [0.1, 0.15) is 0 Å². The Morgan fingerprint density at radius 2 is 1.47 bits per heavy atom. The predicted octanol–water partition coefficient (Wildman–Crippen LogP) is 2.16. The first-order valence-electron chi connectivity index (χ1n) is 3.76. The summed E-state index contributed by atoms with van der Waals surface area (Å²) < 4.78 is 59.8. The van der Waals surface area contributed by atoms with Crippen LogP contribution >= 0.6 is 12.4 Å². The number of hydrogen-bond acceptors (Lipinski definition) is 2. The van der Waals surface area contributed by atoms with E-state index in [1.165, 1.54) is 13.8 Å². The Hall–Kier alpha value is -0.430. The lowest BCUT2D eigenvalue weighted by Gasteiger charge is -2.23. The van der Waals surface area contributed by atoms with E-state index in [1.807, 2.05) is 0 Å². The summed E-state index contributed by atoms with van der Waals surface area (Å²) >= 11 is 0. The van der Waals surface area contributed by atoms with Crippen LogP contribution in [0.5, 0.6) is 0 Å². The topological polar surface area (TPSA) is 43.1 Å². The maximum absolute atomic E-state index is 12.4. The first kappa shape index (κ1) is 17.0. The molecule has 0 aliphatic rings. The lowest BCUT2D eigenvalue weighted by atomic mass is 9.97. The van der Waals surface area contributed by atoms with Gasteiger partial charge in [-0.15, -0.1) is 12.4 Å². The number of ketones is 1. The van der Waals surface area contributed by atoms with Gasteiger partial charge in [-0.05, 0) is 5.92 Å². The Labute approximate surface area is 89.4 Å². The first-order valence-corrected chi connectivity index (χ1v) is 3.76. The Bertz CT molecular complexity index is 228. The minimum Gasteiger partial charge on any atom is -0.321 e. The quantitative estimate of drug-likeness (QED) is 0.786. The molecule has 0 aromatic rings. The van der Waals surface area contributed by atoms with Crippen LogP contribution in [0.2, 0.25) is 0 Å². The lowest BCUT2D eigenvalue weighted by molar-refractivity contribution is -0.269. The number of carbonyl (C=O) groups is 1. The maximum Gasteiger partial charge on any atom is 0.461 e. The zero-order chi connectivity index (χ0) is 11.7. The maximum atomic E-state index is 12.4. The second-order valence-corrected chi connectivity index (χ2v) is 3.21. The molecule has 0 radical (unpaired) electrons. The second-order valence-electron chi connectivity index (χ2n) is 3.21. The van der Waals surface area contributed by atoms with Crippen LogP contribution in [0, 0.1) is 5.92 Å². The summed E-state index contributed by atoms with van der Waals surface area (Å²) in [7, 11) is 0. The van der Waals surface area contributed by atoms with Crippen LogP contribution in [-0.4, -0.2) is 23.9 Å². The van der Waals surface area contributed by atoms with Gasteiger partial charge in [0.2, 0.25) is 5.78 Å². The summed E-state index contributed by atoms with van der Waals surface area (Å²) in [6.45, 7) is 2.57. The molecule has 8 heteroatoms. The van der Waals surface area contributed by atoms with Crippen molar-refractivity contribution in [3.05, 3.63) is 0 Å². The van der Waals surface area contributed by atoms with Crippen LogP contribution in [0.15, 0.2) is 0 Å². The fraction of sp³-hybridized carbons (Fsp3) is 0.857. The molecule has 92 valence electrons. The van der Waals surface area contributed by atoms with Crippen LogP contribution in [0.1, 0.15) is 13.8 Å². The van der Waals surface area contributed by atoms with Crippen LogP contribution < -0.4 is 5.73 Å². The molecule has 0 amide bonds. The third-order valence-electron chi connectivity index (χ3n) is 1.69. The minimum absolute atomic E-state index is 0. The summed E-state index contributed by atoms with van der Waals surface area (Å²) in [5.74, 6) is -8.42. The molecule has 0 bridgehead atoms. The highest BCUT2D eigenvalue weighted by Crippen LogP contribution is 2.37. The molecule has 1 atom stereocenters. The van der Waals surface area contributed by atoms with Crippen molar-refractivity contribution in [1.29, 1.82) is 0 Å². The molecule has 1 unspecified atom stereocenters. The first-order chi connectivity index (χ1) is 6.01. The number of halogens is 6. The molecule has 0 aliphatic heterocycles. The van der Waals surface area contributed by atoms with Gasteiger partial charge in [0.05, 0.1) is 6.04 Å². The van der Waals surface area contributed by atoms with Crippen molar-refractivity contribution in [3.8, 4) is 0 Å². The van der Waals surface area contributed by atoms with Gasteiger partial charge < -0.3 is 5.73 Å². The number of carbonyl (C=O) groups excluding carboxylic acids is 1. The largest absolute Gasteiger partial charge is 0.461 e. The molecule has 0 rings (SSSR count). The van der Waals surface area contributed by atoms with Crippen LogP contribution in [0.25, 0.3) is 0 Å².